The number of nitrogens with one attached hydrogen (secondary N) is 1. The van der Waals surface area contributed by atoms with Gasteiger partial charge in [0.05, 0.1) is 17.2 Å². The van der Waals surface area contributed by atoms with Crippen molar-refractivity contribution in [3.8, 4) is 5.75 Å². The Morgan fingerprint density at radius 3 is 2.20 bits per heavy atom. The highest BCUT2D eigenvalue weighted by Crippen LogP contribution is 2.33. The summed E-state index contributed by atoms with van der Waals surface area (Å²) >= 11 is 6.07. The van der Waals surface area contributed by atoms with E-state index in [0.717, 1.165) is 21.0 Å². The Morgan fingerprint density at radius 1 is 0.867 bits per heavy atom. The first-order chi connectivity index (χ1) is 21.6. The summed E-state index contributed by atoms with van der Waals surface area (Å²) in [4.78, 5) is 29.6. The number of likely N-dealkylation sites (N-methyl/N-ethyl adjacent to an activating group) is 1. The topological polar surface area (TPSA) is 96.0 Å². The number of halogens is 1. The quantitative estimate of drug-likeness (QED) is 0.181. The molecule has 4 aromatic carbocycles. The highest BCUT2D eigenvalue weighted by atomic mass is 35.5. The van der Waals surface area contributed by atoms with Gasteiger partial charge in [0, 0.05) is 24.5 Å². The number of hydrogen-bond acceptors (Lipinski definition) is 5. The van der Waals surface area contributed by atoms with Crippen molar-refractivity contribution in [2.24, 2.45) is 0 Å². The minimum Gasteiger partial charge on any atom is -0.492 e. The number of amides is 2. The second kappa shape index (κ2) is 15.6. The lowest BCUT2D eigenvalue weighted by atomic mass is 10.0. The Kier molecular flexibility index (Phi) is 11.6. The number of aryl methyl sites for hydroxylation is 1. The van der Waals surface area contributed by atoms with Gasteiger partial charge >= 0.3 is 0 Å². The van der Waals surface area contributed by atoms with Gasteiger partial charge in [-0.25, -0.2) is 8.42 Å². The maximum atomic E-state index is 14.5. The minimum atomic E-state index is -4.29. The van der Waals surface area contributed by atoms with Gasteiger partial charge in [-0.1, -0.05) is 83.9 Å². The molecular weight excluding hydrogens is 610 g/mol. The molecule has 0 saturated heterocycles. The lowest BCUT2D eigenvalue weighted by molar-refractivity contribution is -0.140. The zero-order valence-corrected chi connectivity index (χ0v) is 27.2. The van der Waals surface area contributed by atoms with Crippen LogP contribution in [0.4, 0.5) is 5.69 Å². The van der Waals surface area contributed by atoms with Crippen molar-refractivity contribution in [2.45, 2.75) is 44.7 Å². The monoisotopic (exact) mass is 647 g/mol. The number of carbonyl (C=O) groups is 2. The molecule has 2 amide bonds. The predicted molar refractivity (Wildman–Crippen MR) is 178 cm³/mol. The molecule has 0 fully saturated rings. The normalized spacial score (nSPS) is 11.8. The summed E-state index contributed by atoms with van der Waals surface area (Å²) in [6, 6.07) is 28.6. The van der Waals surface area contributed by atoms with Crippen LogP contribution in [0.2, 0.25) is 5.02 Å². The van der Waals surface area contributed by atoms with E-state index in [-0.39, 0.29) is 36.1 Å². The second-order valence-corrected chi connectivity index (χ2v) is 12.8. The van der Waals surface area contributed by atoms with Crippen molar-refractivity contribution in [1.29, 1.82) is 0 Å². The molecule has 0 aromatic heterocycles. The van der Waals surface area contributed by atoms with Crippen LogP contribution in [0.1, 0.15) is 30.5 Å². The second-order valence-electron chi connectivity index (χ2n) is 10.5. The Labute approximate surface area is 270 Å². The molecule has 0 unspecified atom stereocenters. The maximum Gasteiger partial charge on any atom is 0.264 e. The summed E-state index contributed by atoms with van der Waals surface area (Å²) in [7, 11) is -4.29. The van der Waals surface area contributed by atoms with Gasteiger partial charge in [0.15, 0.2) is 0 Å². The zero-order valence-electron chi connectivity index (χ0n) is 25.6. The number of nitrogens with zero attached hydrogens (tertiary/aromatic N) is 2. The Morgan fingerprint density at radius 2 is 1.53 bits per heavy atom. The molecule has 236 valence electrons. The molecule has 10 heteroatoms. The highest BCUT2D eigenvalue weighted by molar-refractivity contribution is 7.92. The number of anilines is 1. The number of para-hydroxylation sites is 2. The van der Waals surface area contributed by atoms with Crippen LogP contribution in [0.15, 0.2) is 108 Å². The van der Waals surface area contributed by atoms with E-state index >= 15 is 0 Å². The SMILES string of the molecule is CCNC(=O)[C@@H](Cc1ccccc1)N(Cc1cccc(C)c1)C(=O)CN(c1ccccc1OCC)S(=O)(=O)c1ccc(Cl)cc1. The number of rotatable bonds is 14. The predicted octanol–water partition coefficient (Wildman–Crippen LogP) is 6.02. The molecule has 1 atom stereocenters. The van der Waals surface area contributed by atoms with Crippen molar-refractivity contribution < 1.29 is 22.7 Å². The first kappa shape index (κ1) is 33.6. The average molecular weight is 648 g/mol. The number of ether oxygens (including phenoxy) is 1. The van der Waals surface area contributed by atoms with Gasteiger partial charge in [-0.15, -0.1) is 0 Å². The molecule has 0 aliphatic carbocycles. The first-order valence-electron chi connectivity index (χ1n) is 14.8. The van der Waals surface area contributed by atoms with E-state index in [4.69, 9.17) is 16.3 Å². The highest BCUT2D eigenvalue weighted by Gasteiger charge is 2.35. The largest absolute Gasteiger partial charge is 0.492 e. The van der Waals surface area contributed by atoms with E-state index in [2.05, 4.69) is 5.32 Å². The number of sulfonamides is 1. The van der Waals surface area contributed by atoms with Crippen LogP contribution in [0.5, 0.6) is 5.75 Å². The summed E-state index contributed by atoms with van der Waals surface area (Å²) in [6.07, 6.45) is 0.240. The van der Waals surface area contributed by atoms with Crippen LogP contribution in [0.25, 0.3) is 0 Å². The van der Waals surface area contributed by atoms with Gasteiger partial charge in [-0.2, -0.15) is 0 Å². The van der Waals surface area contributed by atoms with Crippen LogP contribution in [0.3, 0.4) is 0 Å². The summed E-state index contributed by atoms with van der Waals surface area (Å²) in [5.41, 5.74) is 2.88. The third-order valence-electron chi connectivity index (χ3n) is 7.17. The van der Waals surface area contributed by atoms with Crippen molar-refractivity contribution >= 4 is 39.1 Å². The number of carbonyl (C=O) groups excluding carboxylic acids is 2. The van der Waals surface area contributed by atoms with Crippen LogP contribution in [-0.4, -0.2) is 50.9 Å². The van der Waals surface area contributed by atoms with E-state index in [1.54, 1.807) is 31.2 Å². The van der Waals surface area contributed by atoms with Crippen molar-refractivity contribution in [3.63, 3.8) is 0 Å². The molecule has 4 rings (SSSR count). The van der Waals surface area contributed by atoms with E-state index in [9.17, 15) is 18.0 Å². The van der Waals surface area contributed by atoms with Gasteiger partial charge in [0.2, 0.25) is 11.8 Å². The summed E-state index contributed by atoms with van der Waals surface area (Å²) in [5, 5.41) is 3.25. The molecule has 1 N–H and O–H groups in total. The molecule has 0 radical (unpaired) electrons. The number of benzene rings is 4. The van der Waals surface area contributed by atoms with E-state index in [1.165, 1.54) is 29.2 Å². The van der Waals surface area contributed by atoms with Crippen LogP contribution in [0, 0.1) is 6.92 Å². The first-order valence-corrected chi connectivity index (χ1v) is 16.6. The third-order valence-corrected chi connectivity index (χ3v) is 9.20. The lowest BCUT2D eigenvalue weighted by Crippen LogP contribution is -2.53. The standard InChI is InChI=1S/C35H38ClN3O5S/c1-4-37-35(41)32(23-27-13-7-6-8-14-27)38(24-28-15-11-12-26(3)22-28)34(40)25-39(31-16-9-10-17-33(31)44-5-2)45(42,43)30-20-18-29(36)19-21-30/h6-22,32H,4-5,23-25H2,1-3H3,(H,37,41)/t32-/m1/s1. The fraction of sp³-hybridized carbons (Fsp3) is 0.257. The minimum absolute atomic E-state index is 0.0409. The Bertz CT molecular complexity index is 1700. The molecule has 0 heterocycles. The van der Waals surface area contributed by atoms with E-state index in [1.807, 2.05) is 68.4 Å². The maximum absolute atomic E-state index is 14.5. The summed E-state index contributed by atoms with van der Waals surface area (Å²) in [6.45, 7) is 5.74. The molecular formula is C35H38ClN3O5S. The van der Waals surface area contributed by atoms with Crippen molar-refractivity contribution in [3.05, 3.63) is 125 Å². The van der Waals surface area contributed by atoms with Gasteiger partial charge < -0.3 is 15.0 Å². The van der Waals surface area contributed by atoms with Gasteiger partial charge in [0.1, 0.15) is 18.3 Å². The molecule has 8 nitrogen and oxygen atoms in total. The van der Waals surface area contributed by atoms with Crippen molar-refractivity contribution in [2.75, 3.05) is 24.0 Å². The lowest BCUT2D eigenvalue weighted by Gasteiger charge is -2.34. The average Bonchev–Trinajstić information content (AvgIpc) is 3.03. The number of hydrogen-bond donors (Lipinski definition) is 1. The third kappa shape index (κ3) is 8.65. The molecule has 0 aliphatic rings. The fourth-order valence-corrected chi connectivity index (χ4v) is 6.59. The molecule has 4 aromatic rings. The Balaban J connectivity index is 1.83. The Hall–Kier alpha value is -4.34. The smallest absolute Gasteiger partial charge is 0.264 e. The molecule has 0 aliphatic heterocycles. The zero-order chi connectivity index (χ0) is 32.4. The van der Waals surface area contributed by atoms with Gasteiger partial charge in [-0.3, -0.25) is 13.9 Å². The van der Waals surface area contributed by atoms with Crippen LogP contribution >= 0.6 is 11.6 Å². The summed E-state index contributed by atoms with van der Waals surface area (Å²) < 4.78 is 35.3. The molecule has 0 spiro atoms. The molecule has 45 heavy (non-hydrogen) atoms. The van der Waals surface area contributed by atoms with E-state index in [0.29, 0.717) is 17.3 Å². The van der Waals surface area contributed by atoms with Gasteiger partial charge in [-0.05, 0) is 68.3 Å². The summed E-state index contributed by atoms with van der Waals surface area (Å²) in [5.74, 6) is -0.572. The molecule has 0 bridgehead atoms. The molecule has 0 saturated carbocycles. The fourth-order valence-electron chi connectivity index (χ4n) is 5.04. The van der Waals surface area contributed by atoms with E-state index < -0.39 is 28.5 Å². The van der Waals surface area contributed by atoms with Crippen LogP contribution < -0.4 is 14.4 Å². The van der Waals surface area contributed by atoms with Crippen LogP contribution in [-0.2, 0) is 32.6 Å². The van der Waals surface area contributed by atoms with Gasteiger partial charge in [0.25, 0.3) is 10.0 Å². The van der Waals surface area contributed by atoms with Crippen molar-refractivity contribution in [1.82, 2.24) is 10.2 Å².